The number of amides is 1. The quantitative estimate of drug-likeness (QED) is 0.817. The summed E-state index contributed by atoms with van der Waals surface area (Å²) < 4.78 is 5.12. The molecule has 1 fully saturated rings. The van der Waals surface area contributed by atoms with E-state index in [0.717, 1.165) is 24.6 Å². The highest BCUT2D eigenvalue weighted by atomic mass is 16.5. The van der Waals surface area contributed by atoms with Crippen molar-refractivity contribution in [3.05, 3.63) is 36.3 Å². The van der Waals surface area contributed by atoms with Gasteiger partial charge in [-0.15, -0.1) is 0 Å². The Kier molecular flexibility index (Phi) is 5.50. The molecular formula is C18H24N6O2. The zero-order valence-electron chi connectivity index (χ0n) is 15.4. The van der Waals surface area contributed by atoms with E-state index in [-0.39, 0.29) is 5.91 Å². The molecular weight excluding hydrogens is 332 g/mol. The van der Waals surface area contributed by atoms with Crippen molar-refractivity contribution in [3.8, 4) is 5.88 Å². The van der Waals surface area contributed by atoms with Crippen molar-refractivity contribution in [2.45, 2.75) is 6.42 Å². The Labute approximate surface area is 153 Å². The van der Waals surface area contributed by atoms with Gasteiger partial charge in [0.1, 0.15) is 0 Å². The van der Waals surface area contributed by atoms with Crippen LogP contribution in [0, 0.1) is 0 Å². The van der Waals surface area contributed by atoms with Crippen LogP contribution < -0.4 is 14.5 Å². The molecule has 0 bridgehead atoms. The lowest BCUT2D eigenvalue weighted by molar-refractivity contribution is 0.0766. The first-order valence-electron chi connectivity index (χ1n) is 8.62. The third-order valence-corrected chi connectivity index (χ3v) is 4.36. The molecule has 1 amide bonds. The second-order valence-electron chi connectivity index (χ2n) is 6.32. The number of hydrogen-bond acceptors (Lipinski definition) is 7. The third-order valence-electron chi connectivity index (χ3n) is 4.36. The van der Waals surface area contributed by atoms with E-state index in [1.165, 1.54) is 0 Å². The van der Waals surface area contributed by atoms with Gasteiger partial charge >= 0.3 is 0 Å². The van der Waals surface area contributed by atoms with Crippen LogP contribution in [0.4, 0.5) is 11.6 Å². The summed E-state index contributed by atoms with van der Waals surface area (Å²) in [5.74, 6) is 2.14. The second kappa shape index (κ2) is 7.99. The molecule has 0 spiro atoms. The Morgan fingerprint density at radius 2 is 1.88 bits per heavy atom. The summed E-state index contributed by atoms with van der Waals surface area (Å²) >= 11 is 0. The fourth-order valence-corrected chi connectivity index (χ4v) is 3.03. The largest absolute Gasteiger partial charge is 0.481 e. The van der Waals surface area contributed by atoms with Crippen LogP contribution in [0.5, 0.6) is 5.88 Å². The van der Waals surface area contributed by atoms with Gasteiger partial charge in [0, 0.05) is 70.5 Å². The molecule has 8 heteroatoms. The van der Waals surface area contributed by atoms with Crippen molar-refractivity contribution >= 4 is 17.5 Å². The minimum absolute atomic E-state index is 0.000436. The molecule has 26 heavy (non-hydrogen) atoms. The standard InChI is InChI=1S/C18H24N6O2/c1-22(2)16-17(21-8-7-20-16)23-9-4-10-24(12-11-23)18(25)14-5-6-19-15(13-14)26-3/h5-8,13H,4,9-12H2,1-3H3. The van der Waals surface area contributed by atoms with Gasteiger partial charge in [-0.25, -0.2) is 15.0 Å². The molecule has 0 N–H and O–H groups in total. The monoisotopic (exact) mass is 356 g/mol. The number of methoxy groups -OCH3 is 1. The van der Waals surface area contributed by atoms with Crippen molar-refractivity contribution < 1.29 is 9.53 Å². The van der Waals surface area contributed by atoms with Gasteiger partial charge < -0.3 is 19.4 Å². The normalized spacial score (nSPS) is 14.7. The lowest BCUT2D eigenvalue weighted by Crippen LogP contribution is -2.35. The highest BCUT2D eigenvalue weighted by Crippen LogP contribution is 2.24. The van der Waals surface area contributed by atoms with E-state index < -0.39 is 0 Å². The molecule has 3 rings (SSSR count). The Morgan fingerprint density at radius 1 is 1.08 bits per heavy atom. The number of hydrogen-bond donors (Lipinski definition) is 0. The van der Waals surface area contributed by atoms with E-state index in [9.17, 15) is 4.79 Å². The maximum absolute atomic E-state index is 12.8. The van der Waals surface area contributed by atoms with Crippen molar-refractivity contribution in [3.63, 3.8) is 0 Å². The van der Waals surface area contributed by atoms with Crippen molar-refractivity contribution in [2.75, 3.05) is 57.2 Å². The minimum Gasteiger partial charge on any atom is -0.481 e. The predicted octanol–water partition coefficient (Wildman–Crippen LogP) is 1.30. The Balaban J connectivity index is 1.73. The molecule has 1 aliphatic heterocycles. The third kappa shape index (κ3) is 3.84. The van der Waals surface area contributed by atoms with E-state index in [1.807, 2.05) is 23.9 Å². The van der Waals surface area contributed by atoms with Crippen molar-refractivity contribution in [1.82, 2.24) is 19.9 Å². The molecule has 1 aliphatic rings. The lowest BCUT2D eigenvalue weighted by atomic mass is 10.2. The van der Waals surface area contributed by atoms with Crippen LogP contribution in [-0.4, -0.2) is 73.1 Å². The number of nitrogens with zero attached hydrogens (tertiary/aromatic N) is 6. The van der Waals surface area contributed by atoms with Crippen LogP contribution in [0.1, 0.15) is 16.8 Å². The predicted molar refractivity (Wildman–Crippen MR) is 99.9 cm³/mol. The van der Waals surface area contributed by atoms with Gasteiger partial charge in [0.2, 0.25) is 5.88 Å². The van der Waals surface area contributed by atoms with Crippen LogP contribution >= 0.6 is 0 Å². The molecule has 1 saturated heterocycles. The maximum Gasteiger partial charge on any atom is 0.254 e. The summed E-state index contributed by atoms with van der Waals surface area (Å²) in [4.78, 5) is 31.9. The molecule has 0 atom stereocenters. The minimum atomic E-state index is -0.000436. The van der Waals surface area contributed by atoms with Crippen molar-refractivity contribution in [2.24, 2.45) is 0 Å². The molecule has 0 aromatic carbocycles. The Bertz CT molecular complexity index is 767. The van der Waals surface area contributed by atoms with Gasteiger partial charge in [-0.05, 0) is 12.5 Å². The summed E-state index contributed by atoms with van der Waals surface area (Å²) in [6.07, 6.45) is 5.87. The van der Waals surface area contributed by atoms with Crippen LogP contribution in [0.15, 0.2) is 30.7 Å². The number of pyridine rings is 1. The van der Waals surface area contributed by atoms with Crippen LogP contribution in [0.2, 0.25) is 0 Å². The van der Waals surface area contributed by atoms with Gasteiger partial charge in [0.05, 0.1) is 7.11 Å². The number of carbonyl (C=O) groups excluding carboxylic acids is 1. The van der Waals surface area contributed by atoms with E-state index in [1.54, 1.807) is 37.8 Å². The van der Waals surface area contributed by atoms with Gasteiger partial charge in [-0.1, -0.05) is 0 Å². The van der Waals surface area contributed by atoms with Gasteiger partial charge in [-0.2, -0.15) is 0 Å². The van der Waals surface area contributed by atoms with Crippen LogP contribution in [-0.2, 0) is 0 Å². The lowest BCUT2D eigenvalue weighted by Gasteiger charge is -2.26. The van der Waals surface area contributed by atoms with Crippen LogP contribution in [0.25, 0.3) is 0 Å². The summed E-state index contributed by atoms with van der Waals surface area (Å²) in [5, 5.41) is 0. The molecule has 2 aromatic rings. The number of rotatable bonds is 4. The first-order valence-corrected chi connectivity index (χ1v) is 8.62. The zero-order chi connectivity index (χ0) is 18.5. The topological polar surface area (TPSA) is 74.7 Å². The van der Waals surface area contributed by atoms with E-state index >= 15 is 0 Å². The highest BCUT2D eigenvalue weighted by molar-refractivity contribution is 5.94. The van der Waals surface area contributed by atoms with E-state index in [4.69, 9.17) is 4.74 Å². The summed E-state index contributed by atoms with van der Waals surface area (Å²) in [6, 6.07) is 3.40. The molecule has 2 aromatic heterocycles. The summed E-state index contributed by atoms with van der Waals surface area (Å²) in [6.45, 7) is 2.89. The van der Waals surface area contributed by atoms with Gasteiger partial charge in [0.15, 0.2) is 11.6 Å². The first kappa shape index (κ1) is 17.9. The SMILES string of the molecule is COc1cc(C(=O)N2CCCN(c3nccnc3N(C)C)CC2)ccn1. The first-order chi connectivity index (χ1) is 12.6. The molecule has 0 saturated carbocycles. The number of ether oxygens (including phenoxy) is 1. The average Bonchev–Trinajstić information content (AvgIpc) is 2.93. The highest BCUT2D eigenvalue weighted by Gasteiger charge is 2.23. The molecule has 138 valence electrons. The zero-order valence-corrected chi connectivity index (χ0v) is 15.4. The van der Waals surface area contributed by atoms with Crippen LogP contribution in [0.3, 0.4) is 0 Å². The van der Waals surface area contributed by atoms with Gasteiger partial charge in [0.25, 0.3) is 5.91 Å². The van der Waals surface area contributed by atoms with E-state index in [0.29, 0.717) is 31.1 Å². The fourth-order valence-electron chi connectivity index (χ4n) is 3.03. The Hall–Kier alpha value is -2.90. The average molecular weight is 356 g/mol. The second-order valence-corrected chi connectivity index (χ2v) is 6.32. The summed E-state index contributed by atoms with van der Waals surface area (Å²) in [5.41, 5.74) is 0.596. The molecule has 8 nitrogen and oxygen atoms in total. The fraction of sp³-hybridized carbons (Fsp3) is 0.444. The number of anilines is 2. The number of aromatic nitrogens is 3. The Morgan fingerprint density at radius 3 is 2.65 bits per heavy atom. The van der Waals surface area contributed by atoms with Gasteiger partial charge in [-0.3, -0.25) is 4.79 Å². The molecule has 0 aliphatic carbocycles. The number of carbonyl (C=O) groups is 1. The van der Waals surface area contributed by atoms with Crippen molar-refractivity contribution in [1.29, 1.82) is 0 Å². The van der Waals surface area contributed by atoms with E-state index in [2.05, 4.69) is 19.9 Å². The maximum atomic E-state index is 12.8. The summed E-state index contributed by atoms with van der Waals surface area (Å²) in [7, 11) is 5.46. The molecule has 3 heterocycles. The molecule has 0 radical (unpaired) electrons. The smallest absolute Gasteiger partial charge is 0.254 e. The molecule has 0 unspecified atom stereocenters.